The zero-order valence-corrected chi connectivity index (χ0v) is 8.14. The molecule has 1 aromatic rings. The van der Waals surface area contributed by atoms with Crippen LogP contribution >= 0.6 is 11.3 Å². The Hall–Kier alpha value is -0.460. The van der Waals surface area contributed by atoms with Gasteiger partial charge in [0.15, 0.2) is 16.3 Å². The van der Waals surface area contributed by atoms with Gasteiger partial charge in [-0.25, -0.2) is 8.42 Å². The van der Waals surface area contributed by atoms with Crippen LogP contribution in [-0.4, -0.2) is 13.0 Å². The third-order valence-corrected chi connectivity index (χ3v) is 3.40. The zero-order chi connectivity index (χ0) is 9.19. The molecule has 12 heavy (non-hydrogen) atoms. The quantitative estimate of drug-likeness (QED) is 0.535. The van der Waals surface area contributed by atoms with Crippen molar-refractivity contribution in [3.05, 3.63) is 17.1 Å². The van der Waals surface area contributed by atoms with Gasteiger partial charge in [0.1, 0.15) is 0 Å². The first-order valence-corrected chi connectivity index (χ1v) is 5.84. The van der Waals surface area contributed by atoms with Crippen molar-refractivity contribution >= 4 is 21.5 Å². The lowest BCUT2D eigenvalue weighted by Gasteiger charge is -2.11. The van der Waals surface area contributed by atoms with E-state index in [1.165, 1.54) is 15.9 Å². The molecule has 0 amide bonds. The molecular weight excluding hydrogens is 198 g/mol. The predicted octanol–water partition coefficient (Wildman–Crippen LogP) is 0.489. The van der Waals surface area contributed by atoms with Crippen LogP contribution in [0.5, 0.6) is 0 Å². The smallest absolute Gasteiger partial charge is 0.246 e. The fourth-order valence-corrected chi connectivity index (χ4v) is 2.53. The number of aromatic nitrogens is 1. The topological polar surface area (TPSA) is 61.1 Å². The molecule has 1 atom stereocenters. The number of rotatable bonds is 3. The Morgan fingerprint density at radius 3 is 2.67 bits per heavy atom. The van der Waals surface area contributed by atoms with E-state index in [4.69, 9.17) is 0 Å². The molecule has 6 heteroatoms. The predicted molar refractivity (Wildman–Crippen MR) is 43.5 cm³/mol. The Kier molecular flexibility index (Phi) is 2.81. The summed E-state index contributed by atoms with van der Waals surface area (Å²) >= 11 is 1.36. The second-order valence-corrected chi connectivity index (χ2v) is 4.61. The SMILES string of the molecule is CCC([n+]1ccsc1)S(=O)(=O)[O-]. The van der Waals surface area contributed by atoms with E-state index in [-0.39, 0.29) is 0 Å². The molecule has 0 radical (unpaired) electrons. The Labute approximate surface area is 75.2 Å². The summed E-state index contributed by atoms with van der Waals surface area (Å²) in [5.74, 6) is 0. The zero-order valence-electron chi connectivity index (χ0n) is 6.50. The largest absolute Gasteiger partial charge is 0.743 e. The average Bonchev–Trinajstić information content (AvgIpc) is 2.38. The number of thiazole rings is 1. The summed E-state index contributed by atoms with van der Waals surface area (Å²) in [5, 5.41) is 0.775. The van der Waals surface area contributed by atoms with E-state index < -0.39 is 15.5 Å². The summed E-state index contributed by atoms with van der Waals surface area (Å²) < 4.78 is 33.5. The lowest BCUT2D eigenvalue weighted by Crippen LogP contribution is -2.41. The number of hydrogen-bond donors (Lipinski definition) is 0. The summed E-state index contributed by atoms with van der Waals surface area (Å²) in [6, 6.07) is 0. The van der Waals surface area contributed by atoms with Crippen molar-refractivity contribution in [3.63, 3.8) is 0 Å². The third-order valence-electron chi connectivity index (χ3n) is 1.51. The summed E-state index contributed by atoms with van der Waals surface area (Å²) in [6.45, 7) is 1.67. The minimum Gasteiger partial charge on any atom is -0.743 e. The van der Waals surface area contributed by atoms with Crippen molar-refractivity contribution in [1.82, 2.24) is 0 Å². The van der Waals surface area contributed by atoms with E-state index in [0.29, 0.717) is 6.42 Å². The van der Waals surface area contributed by atoms with Crippen LogP contribution < -0.4 is 4.57 Å². The van der Waals surface area contributed by atoms with Gasteiger partial charge in [-0.05, 0) is 0 Å². The Morgan fingerprint density at radius 1 is 1.67 bits per heavy atom. The molecular formula is C6H9NO3S2. The Bertz CT molecular complexity index is 330. The molecule has 0 aliphatic heterocycles. The van der Waals surface area contributed by atoms with Crippen molar-refractivity contribution in [2.45, 2.75) is 18.7 Å². The van der Waals surface area contributed by atoms with Gasteiger partial charge in [-0.2, -0.15) is 4.57 Å². The maximum absolute atomic E-state index is 10.7. The molecule has 0 bridgehead atoms. The van der Waals surface area contributed by atoms with Gasteiger partial charge in [-0.3, -0.25) is 0 Å². The first-order chi connectivity index (χ1) is 5.55. The molecule has 0 saturated carbocycles. The van der Waals surface area contributed by atoms with Crippen molar-refractivity contribution < 1.29 is 17.5 Å². The molecule has 1 heterocycles. The van der Waals surface area contributed by atoms with Crippen LogP contribution in [0.15, 0.2) is 17.1 Å². The standard InChI is InChI=1S/C6H9NO3S2/c1-2-6(12(8,9)10)7-3-4-11-5-7/h3-6H,2H2,1H3. The third kappa shape index (κ3) is 2.02. The molecule has 0 aliphatic rings. The van der Waals surface area contributed by atoms with Gasteiger partial charge in [0.25, 0.3) is 0 Å². The lowest BCUT2D eigenvalue weighted by molar-refractivity contribution is -0.697. The minimum atomic E-state index is -4.22. The summed E-state index contributed by atoms with van der Waals surface area (Å²) in [7, 11) is -4.22. The first kappa shape index (κ1) is 9.63. The highest BCUT2D eigenvalue weighted by Gasteiger charge is 2.23. The second kappa shape index (κ2) is 3.51. The second-order valence-electron chi connectivity index (χ2n) is 2.33. The lowest BCUT2D eigenvalue weighted by atomic mass is 10.5. The monoisotopic (exact) mass is 207 g/mol. The van der Waals surface area contributed by atoms with Crippen LogP contribution in [0.25, 0.3) is 0 Å². The Morgan fingerprint density at radius 2 is 2.33 bits per heavy atom. The van der Waals surface area contributed by atoms with E-state index in [2.05, 4.69) is 0 Å². The highest BCUT2D eigenvalue weighted by atomic mass is 32.2. The maximum Gasteiger partial charge on any atom is 0.246 e. The first-order valence-electron chi connectivity index (χ1n) is 3.43. The van der Waals surface area contributed by atoms with Gasteiger partial charge >= 0.3 is 0 Å². The molecule has 0 aromatic carbocycles. The maximum atomic E-state index is 10.7. The Balaban J connectivity index is 3.00. The molecule has 1 aromatic heterocycles. The van der Waals surface area contributed by atoms with Crippen LogP contribution in [-0.2, 0) is 10.1 Å². The van der Waals surface area contributed by atoms with Crippen LogP contribution in [0.3, 0.4) is 0 Å². The fourth-order valence-electron chi connectivity index (χ4n) is 0.974. The van der Waals surface area contributed by atoms with E-state index in [0.717, 1.165) is 0 Å². The normalized spacial score (nSPS) is 14.5. The van der Waals surface area contributed by atoms with Gasteiger partial charge in [0, 0.05) is 6.42 Å². The number of hydrogen-bond acceptors (Lipinski definition) is 4. The van der Waals surface area contributed by atoms with Crippen molar-refractivity contribution in [1.29, 1.82) is 0 Å². The average molecular weight is 207 g/mol. The van der Waals surface area contributed by atoms with Crippen LogP contribution in [0, 0.1) is 0 Å². The minimum absolute atomic E-state index is 0.299. The summed E-state index contributed by atoms with van der Waals surface area (Å²) in [5.41, 5.74) is 1.61. The molecule has 1 unspecified atom stereocenters. The van der Waals surface area contributed by atoms with E-state index >= 15 is 0 Å². The van der Waals surface area contributed by atoms with Gasteiger partial charge in [-0.1, -0.05) is 18.3 Å². The van der Waals surface area contributed by atoms with Crippen molar-refractivity contribution in [2.24, 2.45) is 0 Å². The highest BCUT2D eigenvalue weighted by molar-refractivity contribution is 7.85. The van der Waals surface area contributed by atoms with Crippen molar-refractivity contribution in [2.75, 3.05) is 0 Å². The van der Waals surface area contributed by atoms with Gasteiger partial charge in [0.05, 0.1) is 5.38 Å². The molecule has 4 nitrogen and oxygen atoms in total. The van der Waals surface area contributed by atoms with E-state index in [1.807, 2.05) is 0 Å². The van der Waals surface area contributed by atoms with E-state index in [1.54, 1.807) is 24.0 Å². The molecule has 0 saturated heterocycles. The van der Waals surface area contributed by atoms with Gasteiger partial charge in [-0.15, -0.1) is 0 Å². The molecule has 1 rings (SSSR count). The van der Waals surface area contributed by atoms with Crippen molar-refractivity contribution in [3.8, 4) is 0 Å². The van der Waals surface area contributed by atoms with Gasteiger partial charge in [0.2, 0.25) is 10.9 Å². The molecule has 0 spiro atoms. The fraction of sp³-hybridized carbons (Fsp3) is 0.500. The summed E-state index contributed by atoms with van der Waals surface area (Å²) in [4.78, 5) is 0. The highest BCUT2D eigenvalue weighted by Crippen LogP contribution is 2.10. The molecule has 68 valence electrons. The van der Waals surface area contributed by atoms with Crippen LogP contribution in [0.2, 0.25) is 0 Å². The molecule has 0 aliphatic carbocycles. The van der Waals surface area contributed by atoms with Gasteiger partial charge < -0.3 is 4.55 Å². The van der Waals surface area contributed by atoms with Crippen LogP contribution in [0.4, 0.5) is 0 Å². The molecule has 0 fully saturated rings. The summed E-state index contributed by atoms with van der Waals surface area (Å²) in [6.07, 6.45) is 1.89. The van der Waals surface area contributed by atoms with Crippen LogP contribution in [0.1, 0.15) is 18.7 Å². The molecule has 0 N–H and O–H groups in total. The van der Waals surface area contributed by atoms with E-state index in [9.17, 15) is 13.0 Å². The number of nitrogens with zero attached hydrogens (tertiary/aromatic N) is 1.